The van der Waals surface area contributed by atoms with Gasteiger partial charge in [-0.25, -0.2) is 12.6 Å². The summed E-state index contributed by atoms with van der Waals surface area (Å²) in [5, 5.41) is 10.6. The van der Waals surface area contributed by atoms with Crippen LogP contribution in [0.2, 0.25) is 0 Å². The number of nitrogens with zero attached hydrogens (tertiary/aromatic N) is 1. The molecule has 0 saturated carbocycles. The summed E-state index contributed by atoms with van der Waals surface area (Å²) in [4.78, 5) is 26.1. The number of phenols is 1. The van der Waals surface area contributed by atoms with Crippen molar-refractivity contribution in [1.29, 1.82) is 0 Å². The number of nitrogens with two attached hydrogens (primary N) is 1. The summed E-state index contributed by atoms with van der Waals surface area (Å²) in [6, 6.07) is 14.7. The first-order valence-electron chi connectivity index (χ1n) is 11.8. The van der Waals surface area contributed by atoms with Crippen LogP contribution >= 0.6 is 0 Å². The van der Waals surface area contributed by atoms with Gasteiger partial charge in [0.1, 0.15) is 44.3 Å². The van der Waals surface area contributed by atoms with Gasteiger partial charge in [-0.15, -0.1) is 0 Å². The molecule has 5 N–H and O–H groups in total. The Bertz CT molecular complexity index is 1740. The van der Waals surface area contributed by atoms with Crippen molar-refractivity contribution in [2.24, 2.45) is 0 Å². The van der Waals surface area contributed by atoms with E-state index in [0.717, 1.165) is 18.7 Å². The maximum absolute atomic E-state index is 13.1. The molecule has 2 aliphatic rings. The SMILES string of the molecule is Nc1c(Oc2cccc(C[N+]3(CCOS(=O)(=O)O)CC3)c2)cc(O)c2c1C(=O)c1ccccc1C2=O.O=S(=O)([O-])O. The Balaban J connectivity index is 0.000000714. The van der Waals surface area contributed by atoms with Crippen LogP contribution in [-0.4, -0.2) is 77.9 Å². The number of ether oxygens (including phenoxy) is 1. The number of hydrogen-bond donors (Lipinski definition) is 4. The van der Waals surface area contributed by atoms with Crippen LogP contribution in [-0.2, 0) is 31.5 Å². The van der Waals surface area contributed by atoms with Gasteiger partial charge in [-0.3, -0.25) is 18.7 Å². The van der Waals surface area contributed by atoms with Gasteiger partial charge in [0.05, 0.1) is 16.8 Å². The molecule has 1 saturated heterocycles. The van der Waals surface area contributed by atoms with Gasteiger partial charge in [0.15, 0.2) is 17.3 Å². The van der Waals surface area contributed by atoms with E-state index in [2.05, 4.69) is 4.18 Å². The Hall–Kier alpha value is -3.90. The zero-order valence-corrected chi connectivity index (χ0v) is 22.7. The molecular formula is C25H24N2O12S2. The van der Waals surface area contributed by atoms with Gasteiger partial charge in [0.2, 0.25) is 10.4 Å². The van der Waals surface area contributed by atoms with E-state index in [1.807, 2.05) is 6.07 Å². The molecule has 3 aromatic rings. The van der Waals surface area contributed by atoms with Gasteiger partial charge in [0.25, 0.3) is 0 Å². The third-order valence-electron chi connectivity index (χ3n) is 6.48. The van der Waals surface area contributed by atoms with Crippen LogP contribution in [0, 0.1) is 0 Å². The van der Waals surface area contributed by atoms with Gasteiger partial charge < -0.3 is 24.6 Å². The van der Waals surface area contributed by atoms with Crippen LogP contribution in [0.25, 0.3) is 0 Å². The molecule has 16 heteroatoms. The molecule has 0 amide bonds. The van der Waals surface area contributed by atoms with Gasteiger partial charge >= 0.3 is 10.4 Å². The summed E-state index contributed by atoms with van der Waals surface area (Å²) in [5.41, 5.74) is 7.33. The fraction of sp³-hybridized carbons (Fsp3) is 0.200. The number of phenolic OH excluding ortho intramolecular Hbond substituents is 1. The molecule has 41 heavy (non-hydrogen) atoms. The Morgan fingerprint density at radius 3 is 2.05 bits per heavy atom. The van der Waals surface area contributed by atoms with Crippen LogP contribution in [0.4, 0.5) is 5.69 Å². The second-order valence-corrected chi connectivity index (χ2v) is 11.3. The van der Waals surface area contributed by atoms with Gasteiger partial charge in [-0.2, -0.15) is 8.42 Å². The predicted molar refractivity (Wildman–Crippen MR) is 141 cm³/mol. The molecule has 5 rings (SSSR count). The van der Waals surface area contributed by atoms with Crippen molar-refractivity contribution in [2.75, 3.05) is 32.0 Å². The lowest BCUT2D eigenvalue weighted by atomic mass is 9.82. The lowest BCUT2D eigenvalue weighted by Crippen LogP contribution is -2.30. The highest BCUT2D eigenvalue weighted by Gasteiger charge is 2.42. The highest BCUT2D eigenvalue weighted by Crippen LogP contribution is 2.42. The molecule has 0 aromatic heterocycles. The van der Waals surface area contributed by atoms with E-state index in [0.29, 0.717) is 23.3 Å². The highest BCUT2D eigenvalue weighted by atomic mass is 32.3. The van der Waals surface area contributed by atoms with Crippen molar-refractivity contribution in [3.8, 4) is 17.2 Å². The molecule has 3 aromatic carbocycles. The summed E-state index contributed by atoms with van der Waals surface area (Å²) in [6.45, 7) is 2.54. The first kappa shape index (κ1) is 30.1. The summed E-state index contributed by atoms with van der Waals surface area (Å²) in [5.74, 6) is -0.898. The molecule has 0 spiro atoms. The minimum atomic E-state index is -4.92. The van der Waals surface area contributed by atoms with E-state index in [1.165, 1.54) is 12.1 Å². The second kappa shape index (κ2) is 11.2. The molecule has 0 radical (unpaired) electrons. The number of anilines is 1. The zero-order chi connectivity index (χ0) is 30.2. The van der Waals surface area contributed by atoms with Crippen molar-refractivity contribution in [2.45, 2.75) is 6.54 Å². The van der Waals surface area contributed by atoms with Gasteiger partial charge in [-0.05, 0) is 12.1 Å². The summed E-state index contributed by atoms with van der Waals surface area (Å²) in [7, 11) is -9.40. The Morgan fingerprint density at radius 1 is 0.902 bits per heavy atom. The number of benzene rings is 3. The lowest BCUT2D eigenvalue weighted by Gasteiger charge is -2.22. The Morgan fingerprint density at radius 2 is 1.49 bits per heavy atom. The number of carbonyl (C=O) groups excluding carboxylic acids is 2. The quantitative estimate of drug-likeness (QED) is 0.0558. The van der Waals surface area contributed by atoms with Crippen LogP contribution in [0.1, 0.15) is 37.4 Å². The molecule has 0 unspecified atom stereocenters. The highest BCUT2D eigenvalue weighted by molar-refractivity contribution is 7.80. The zero-order valence-electron chi connectivity index (χ0n) is 21.1. The minimum absolute atomic E-state index is 0.0427. The molecular weight excluding hydrogens is 584 g/mol. The average Bonchev–Trinajstić information content (AvgIpc) is 3.62. The van der Waals surface area contributed by atoms with E-state index in [4.69, 9.17) is 32.5 Å². The average molecular weight is 609 g/mol. The first-order chi connectivity index (χ1) is 19.1. The Kier molecular flexibility index (Phi) is 8.19. The molecule has 1 aliphatic heterocycles. The van der Waals surface area contributed by atoms with Crippen molar-refractivity contribution in [3.63, 3.8) is 0 Å². The van der Waals surface area contributed by atoms with E-state index in [-0.39, 0.29) is 40.3 Å². The monoisotopic (exact) mass is 608 g/mol. The van der Waals surface area contributed by atoms with E-state index in [1.54, 1.807) is 36.4 Å². The molecule has 14 nitrogen and oxygen atoms in total. The van der Waals surface area contributed by atoms with Crippen molar-refractivity contribution < 1.29 is 58.6 Å². The van der Waals surface area contributed by atoms with Crippen LogP contribution in [0.3, 0.4) is 0 Å². The third kappa shape index (κ3) is 7.44. The minimum Gasteiger partial charge on any atom is -0.726 e. The maximum Gasteiger partial charge on any atom is 0.397 e. The predicted octanol–water partition coefficient (Wildman–Crippen LogP) is 1.70. The molecule has 0 bridgehead atoms. The number of fused-ring (bicyclic) bond motifs is 2. The number of quaternary nitrogens is 1. The van der Waals surface area contributed by atoms with Crippen molar-refractivity contribution in [1.82, 2.24) is 0 Å². The fourth-order valence-electron chi connectivity index (χ4n) is 4.52. The normalized spacial score (nSPS) is 15.3. The van der Waals surface area contributed by atoms with Crippen molar-refractivity contribution in [3.05, 3.63) is 82.4 Å². The molecule has 1 aliphatic carbocycles. The Labute approximate surface area is 234 Å². The van der Waals surface area contributed by atoms with Crippen LogP contribution < -0.4 is 10.5 Å². The number of aromatic hydroxyl groups is 1. The molecule has 1 heterocycles. The number of ketones is 2. The number of nitrogen functional groups attached to an aromatic ring is 1. The van der Waals surface area contributed by atoms with E-state index < -0.39 is 38.1 Å². The van der Waals surface area contributed by atoms with Gasteiger partial charge in [-0.1, -0.05) is 36.4 Å². The topological polar surface area (TPSA) is 231 Å². The van der Waals surface area contributed by atoms with Crippen molar-refractivity contribution >= 4 is 38.1 Å². The number of carbonyl (C=O) groups is 2. The molecule has 1 fully saturated rings. The number of rotatable bonds is 8. The van der Waals surface area contributed by atoms with Crippen LogP contribution in [0.5, 0.6) is 17.2 Å². The number of hydrogen-bond acceptors (Lipinski definition) is 11. The largest absolute Gasteiger partial charge is 0.726 e. The standard InChI is InChI=1S/C25H22N2O8S.H2O4S/c26-23-20(13-19(28)21-22(23)25(30)18-7-2-1-6-17(18)24(21)29)35-16-5-3-4-15(12-16)14-27(8-9-27)10-11-34-36(31,32)33;1-5(2,3)4/h1-7,12-13H,8-11,14H2,(H3-,26,28,29,30,31,32,33);(H2,1,2,3,4). The van der Waals surface area contributed by atoms with E-state index in [9.17, 15) is 23.1 Å². The molecule has 218 valence electrons. The third-order valence-corrected chi connectivity index (χ3v) is 6.94. The summed E-state index contributed by atoms with van der Waals surface area (Å²) >= 11 is 0. The van der Waals surface area contributed by atoms with Crippen LogP contribution in [0.15, 0.2) is 54.6 Å². The van der Waals surface area contributed by atoms with Gasteiger partial charge in [0, 0.05) is 22.8 Å². The maximum atomic E-state index is 13.1. The first-order valence-corrected chi connectivity index (χ1v) is 14.6. The van der Waals surface area contributed by atoms with E-state index >= 15 is 0 Å². The second-order valence-electron chi connectivity index (χ2n) is 9.36. The smallest absolute Gasteiger partial charge is 0.397 e. The summed E-state index contributed by atoms with van der Waals surface area (Å²) in [6.07, 6.45) is 0. The summed E-state index contributed by atoms with van der Waals surface area (Å²) < 4.78 is 74.2. The molecule has 0 atom stereocenters. The fourth-order valence-corrected chi connectivity index (χ4v) is 4.80. The lowest BCUT2D eigenvalue weighted by molar-refractivity contribution is -0.814.